The molecule has 4 heteroatoms. The third kappa shape index (κ3) is 2.15. The normalized spacial score (nSPS) is 11.0. The molecule has 22 heavy (non-hydrogen) atoms. The molecule has 4 aromatic rings. The summed E-state index contributed by atoms with van der Waals surface area (Å²) < 4.78 is 18.4. The number of fused-ring (bicyclic) bond motifs is 1. The quantitative estimate of drug-likeness (QED) is 0.537. The number of nitrogens with zero attached hydrogens (tertiary/aromatic N) is 2. The molecule has 0 aliphatic carbocycles. The molecule has 0 aliphatic heterocycles. The Balaban J connectivity index is 1.89. The van der Waals surface area contributed by atoms with Gasteiger partial charge in [0.15, 0.2) is 12.0 Å². The minimum absolute atomic E-state index is 0.259. The number of oxazole rings is 1. The molecule has 0 N–H and O–H groups in total. The van der Waals surface area contributed by atoms with Gasteiger partial charge in [0.05, 0.1) is 5.69 Å². The number of hydrogen-bond acceptors (Lipinski definition) is 3. The van der Waals surface area contributed by atoms with Gasteiger partial charge in [-0.1, -0.05) is 12.1 Å². The molecule has 0 saturated heterocycles. The standard InChI is InChI=1S/C18H11FN2O/c19-14-6-3-12(4-7-14)18-15(2-1-9-20-18)13-5-8-17-16(10-13)21-11-22-17/h1-11H. The number of hydrogen-bond donors (Lipinski definition) is 0. The third-order valence-electron chi connectivity index (χ3n) is 3.57. The fourth-order valence-electron chi connectivity index (χ4n) is 2.50. The van der Waals surface area contributed by atoms with E-state index in [-0.39, 0.29) is 5.82 Å². The van der Waals surface area contributed by atoms with Crippen LogP contribution in [-0.2, 0) is 0 Å². The van der Waals surface area contributed by atoms with Gasteiger partial charge >= 0.3 is 0 Å². The predicted octanol–water partition coefficient (Wildman–Crippen LogP) is 4.70. The van der Waals surface area contributed by atoms with Gasteiger partial charge in [-0.05, 0) is 48.0 Å². The Morgan fingerprint density at radius 1 is 0.864 bits per heavy atom. The van der Waals surface area contributed by atoms with Gasteiger partial charge in [-0.15, -0.1) is 0 Å². The van der Waals surface area contributed by atoms with Crippen LogP contribution in [0.2, 0.25) is 0 Å². The van der Waals surface area contributed by atoms with Crippen molar-refractivity contribution in [2.45, 2.75) is 0 Å². The molecule has 0 spiro atoms. The Bertz CT molecular complexity index is 945. The highest BCUT2D eigenvalue weighted by molar-refractivity contribution is 5.86. The van der Waals surface area contributed by atoms with E-state index < -0.39 is 0 Å². The van der Waals surface area contributed by atoms with E-state index in [2.05, 4.69) is 9.97 Å². The van der Waals surface area contributed by atoms with Crippen molar-refractivity contribution < 1.29 is 8.81 Å². The largest absolute Gasteiger partial charge is 0.443 e. The Morgan fingerprint density at radius 2 is 1.68 bits per heavy atom. The summed E-state index contributed by atoms with van der Waals surface area (Å²) in [6.07, 6.45) is 3.16. The van der Waals surface area contributed by atoms with Crippen molar-refractivity contribution >= 4 is 11.1 Å². The number of halogens is 1. The molecular formula is C18H11FN2O. The smallest absolute Gasteiger partial charge is 0.181 e. The van der Waals surface area contributed by atoms with Gasteiger partial charge in [0.1, 0.15) is 11.3 Å². The maximum Gasteiger partial charge on any atom is 0.181 e. The Morgan fingerprint density at radius 3 is 2.55 bits per heavy atom. The first-order valence-corrected chi connectivity index (χ1v) is 6.86. The van der Waals surface area contributed by atoms with Crippen molar-refractivity contribution in [2.75, 3.05) is 0 Å². The van der Waals surface area contributed by atoms with Crippen molar-refractivity contribution in [3.05, 3.63) is 73.0 Å². The Hall–Kier alpha value is -3.01. The minimum Gasteiger partial charge on any atom is -0.443 e. The molecule has 0 fully saturated rings. The lowest BCUT2D eigenvalue weighted by atomic mass is 9.99. The van der Waals surface area contributed by atoms with Gasteiger partial charge in [-0.25, -0.2) is 9.37 Å². The van der Waals surface area contributed by atoms with Gasteiger partial charge in [0, 0.05) is 17.3 Å². The summed E-state index contributed by atoms with van der Waals surface area (Å²) in [5, 5.41) is 0. The number of aromatic nitrogens is 2. The summed E-state index contributed by atoms with van der Waals surface area (Å²) in [6.45, 7) is 0. The van der Waals surface area contributed by atoms with E-state index in [0.29, 0.717) is 0 Å². The van der Waals surface area contributed by atoms with E-state index >= 15 is 0 Å². The maximum atomic E-state index is 13.1. The molecule has 0 bridgehead atoms. The van der Waals surface area contributed by atoms with E-state index in [9.17, 15) is 4.39 Å². The Kier molecular flexibility index (Phi) is 2.93. The summed E-state index contributed by atoms with van der Waals surface area (Å²) >= 11 is 0. The van der Waals surface area contributed by atoms with Crippen LogP contribution in [-0.4, -0.2) is 9.97 Å². The van der Waals surface area contributed by atoms with Gasteiger partial charge in [0.25, 0.3) is 0 Å². The Labute approximate surface area is 126 Å². The highest BCUT2D eigenvalue weighted by Crippen LogP contribution is 2.31. The molecule has 2 aromatic carbocycles. The molecular weight excluding hydrogens is 279 g/mol. The average molecular weight is 290 g/mol. The first kappa shape index (κ1) is 12.7. The van der Waals surface area contributed by atoms with E-state index in [4.69, 9.17) is 4.42 Å². The number of rotatable bonds is 2. The van der Waals surface area contributed by atoms with Gasteiger partial charge in [-0.3, -0.25) is 4.98 Å². The molecule has 2 aromatic heterocycles. The molecule has 106 valence electrons. The molecule has 0 saturated carbocycles. The van der Waals surface area contributed by atoms with E-state index in [1.54, 1.807) is 18.3 Å². The zero-order valence-electron chi connectivity index (χ0n) is 11.5. The van der Waals surface area contributed by atoms with Crippen molar-refractivity contribution in [3.8, 4) is 22.4 Å². The van der Waals surface area contributed by atoms with Crippen LogP contribution in [0.15, 0.2) is 71.6 Å². The third-order valence-corrected chi connectivity index (χ3v) is 3.57. The van der Waals surface area contributed by atoms with Crippen LogP contribution in [0.25, 0.3) is 33.5 Å². The van der Waals surface area contributed by atoms with Crippen molar-refractivity contribution in [3.63, 3.8) is 0 Å². The van der Waals surface area contributed by atoms with Crippen LogP contribution in [0.3, 0.4) is 0 Å². The summed E-state index contributed by atoms with van der Waals surface area (Å²) in [5.41, 5.74) is 5.19. The highest BCUT2D eigenvalue weighted by atomic mass is 19.1. The van der Waals surface area contributed by atoms with Crippen LogP contribution < -0.4 is 0 Å². The van der Waals surface area contributed by atoms with E-state index in [1.165, 1.54) is 18.5 Å². The molecule has 0 radical (unpaired) electrons. The average Bonchev–Trinajstić information content (AvgIpc) is 3.03. The zero-order chi connectivity index (χ0) is 14.9. The topological polar surface area (TPSA) is 38.9 Å². The first-order chi connectivity index (χ1) is 10.8. The van der Waals surface area contributed by atoms with Crippen molar-refractivity contribution in [1.29, 1.82) is 0 Å². The second kappa shape index (κ2) is 5.07. The molecule has 0 amide bonds. The molecule has 2 heterocycles. The second-order valence-electron chi connectivity index (χ2n) is 4.94. The summed E-state index contributed by atoms with van der Waals surface area (Å²) in [4.78, 5) is 8.64. The molecule has 4 rings (SSSR count). The number of benzene rings is 2. The lowest BCUT2D eigenvalue weighted by Crippen LogP contribution is -1.89. The second-order valence-corrected chi connectivity index (χ2v) is 4.94. The van der Waals surface area contributed by atoms with E-state index in [0.717, 1.165) is 33.5 Å². The van der Waals surface area contributed by atoms with Gasteiger partial charge < -0.3 is 4.42 Å². The van der Waals surface area contributed by atoms with Crippen LogP contribution >= 0.6 is 0 Å². The van der Waals surface area contributed by atoms with Crippen molar-refractivity contribution in [2.24, 2.45) is 0 Å². The van der Waals surface area contributed by atoms with E-state index in [1.807, 2.05) is 30.3 Å². The fourth-order valence-corrected chi connectivity index (χ4v) is 2.50. The molecule has 3 nitrogen and oxygen atoms in total. The lowest BCUT2D eigenvalue weighted by molar-refractivity contribution is 0.602. The van der Waals surface area contributed by atoms with Crippen LogP contribution in [0.4, 0.5) is 4.39 Å². The zero-order valence-corrected chi connectivity index (χ0v) is 11.5. The SMILES string of the molecule is Fc1ccc(-c2ncccc2-c2ccc3ocnc3c2)cc1. The summed E-state index contributed by atoms with van der Waals surface area (Å²) in [7, 11) is 0. The highest BCUT2D eigenvalue weighted by Gasteiger charge is 2.10. The maximum absolute atomic E-state index is 13.1. The fraction of sp³-hybridized carbons (Fsp3) is 0. The number of pyridine rings is 1. The molecule has 0 atom stereocenters. The molecule has 0 unspecified atom stereocenters. The van der Waals surface area contributed by atoms with Crippen molar-refractivity contribution in [1.82, 2.24) is 9.97 Å². The van der Waals surface area contributed by atoms with Crippen LogP contribution in [0.5, 0.6) is 0 Å². The lowest BCUT2D eigenvalue weighted by Gasteiger charge is -2.09. The van der Waals surface area contributed by atoms with Gasteiger partial charge in [0.2, 0.25) is 0 Å². The van der Waals surface area contributed by atoms with Gasteiger partial charge in [-0.2, -0.15) is 0 Å². The summed E-state index contributed by atoms with van der Waals surface area (Å²) in [6, 6.07) is 16.0. The van der Waals surface area contributed by atoms with Crippen LogP contribution in [0, 0.1) is 5.82 Å². The minimum atomic E-state index is -0.259. The monoisotopic (exact) mass is 290 g/mol. The first-order valence-electron chi connectivity index (χ1n) is 6.86. The molecule has 0 aliphatic rings. The predicted molar refractivity (Wildman–Crippen MR) is 82.6 cm³/mol. The summed E-state index contributed by atoms with van der Waals surface area (Å²) in [5.74, 6) is -0.259. The van der Waals surface area contributed by atoms with Crippen LogP contribution in [0.1, 0.15) is 0 Å².